The number of aromatic nitrogens is 3. The Labute approximate surface area is 89.9 Å². The van der Waals surface area contributed by atoms with Gasteiger partial charge in [0.25, 0.3) is 0 Å². The fourth-order valence-corrected chi connectivity index (χ4v) is 1.61. The maximum absolute atomic E-state index is 5.87. The van der Waals surface area contributed by atoms with Gasteiger partial charge in [0.15, 0.2) is 5.82 Å². The Hall–Kier alpha value is -1.81. The third-order valence-electron chi connectivity index (χ3n) is 2.12. The van der Waals surface area contributed by atoms with Crippen LogP contribution in [0.2, 0.25) is 5.02 Å². The third-order valence-corrected chi connectivity index (χ3v) is 2.36. The minimum Gasteiger partial charge on any atom is -0.364 e. The highest BCUT2D eigenvalue weighted by Gasteiger charge is 2.07. The van der Waals surface area contributed by atoms with Crippen molar-refractivity contribution < 1.29 is 4.52 Å². The number of H-pyrrole nitrogens is 1. The zero-order chi connectivity index (χ0) is 10.3. The molecule has 1 aromatic carbocycles. The van der Waals surface area contributed by atoms with Gasteiger partial charge >= 0.3 is 0 Å². The normalized spacial score (nSPS) is 11.0. The van der Waals surface area contributed by atoms with Crippen LogP contribution >= 0.6 is 11.6 Å². The van der Waals surface area contributed by atoms with E-state index in [1.807, 2.05) is 12.1 Å². The van der Waals surface area contributed by atoms with E-state index in [-0.39, 0.29) is 0 Å². The minimum absolute atomic E-state index is 0.679. The van der Waals surface area contributed by atoms with Crippen LogP contribution in [0, 0.1) is 0 Å². The number of hydrogen-bond donors (Lipinski definition) is 1. The molecule has 15 heavy (non-hydrogen) atoms. The highest BCUT2D eigenvalue weighted by atomic mass is 35.5. The zero-order valence-corrected chi connectivity index (χ0v) is 8.32. The second-order valence-electron chi connectivity index (χ2n) is 3.13. The van der Waals surface area contributed by atoms with Crippen LogP contribution in [0.5, 0.6) is 0 Å². The molecule has 0 aliphatic rings. The van der Waals surface area contributed by atoms with Crippen LogP contribution in [0.4, 0.5) is 0 Å². The Morgan fingerprint density at radius 3 is 3.00 bits per heavy atom. The molecule has 0 atom stereocenters. The molecule has 3 aromatic rings. The SMILES string of the molecule is Clc1ccc2nc(-c3ccon3)[nH]c2c1. The van der Waals surface area contributed by atoms with Gasteiger partial charge in [-0.2, -0.15) is 0 Å². The Morgan fingerprint density at radius 1 is 1.27 bits per heavy atom. The molecule has 0 radical (unpaired) electrons. The van der Waals surface area contributed by atoms with Gasteiger partial charge in [0.05, 0.1) is 11.0 Å². The Kier molecular flexibility index (Phi) is 1.76. The summed E-state index contributed by atoms with van der Waals surface area (Å²) in [6.07, 6.45) is 1.51. The molecule has 0 aliphatic carbocycles. The summed E-state index contributed by atoms with van der Waals surface area (Å²) in [5.41, 5.74) is 2.43. The lowest BCUT2D eigenvalue weighted by molar-refractivity contribution is 0.422. The molecular formula is C10H6ClN3O. The molecule has 0 saturated carbocycles. The van der Waals surface area contributed by atoms with Crippen LogP contribution < -0.4 is 0 Å². The first kappa shape index (κ1) is 8.49. The van der Waals surface area contributed by atoms with Gasteiger partial charge in [-0.1, -0.05) is 16.8 Å². The summed E-state index contributed by atoms with van der Waals surface area (Å²) in [6.45, 7) is 0. The van der Waals surface area contributed by atoms with Crippen LogP contribution in [0.1, 0.15) is 0 Å². The number of halogens is 1. The van der Waals surface area contributed by atoms with Crippen molar-refractivity contribution in [1.82, 2.24) is 15.1 Å². The van der Waals surface area contributed by atoms with E-state index in [0.717, 1.165) is 11.0 Å². The molecule has 0 unspecified atom stereocenters. The lowest BCUT2D eigenvalue weighted by atomic mass is 10.3. The van der Waals surface area contributed by atoms with Gasteiger partial charge in [0.2, 0.25) is 0 Å². The van der Waals surface area contributed by atoms with E-state index in [4.69, 9.17) is 16.1 Å². The second kappa shape index (κ2) is 3.10. The number of imidazole rings is 1. The molecule has 0 bridgehead atoms. The number of fused-ring (bicyclic) bond motifs is 1. The summed E-state index contributed by atoms with van der Waals surface area (Å²) >= 11 is 5.87. The maximum atomic E-state index is 5.87. The molecule has 0 spiro atoms. The topological polar surface area (TPSA) is 54.7 Å². The van der Waals surface area contributed by atoms with E-state index >= 15 is 0 Å². The summed E-state index contributed by atoms with van der Waals surface area (Å²) in [5.74, 6) is 0.681. The van der Waals surface area contributed by atoms with Gasteiger partial charge in [-0.05, 0) is 18.2 Å². The third kappa shape index (κ3) is 1.39. The Morgan fingerprint density at radius 2 is 2.20 bits per heavy atom. The number of benzene rings is 1. The molecule has 2 aromatic heterocycles. The molecule has 74 valence electrons. The average Bonchev–Trinajstić information content (AvgIpc) is 2.84. The maximum Gasteiger partial charge on any atom is 0.160 e. The molecule has 0 fully saturated rings. The molecule has 0 saturated heterocycles. The quantitative estimate of drug-likeness (QED) is 0.685. The van der Waals surface area contributed by atoms with Crippen LogP contribution in [0.15, 0.2) is 35.1 Å². The number of rotatable bonds is 1. The van der Waals surface area contributed by atoms with Crippen LogP contribution in [-0.2, 0) is 0 Å². The molecular weight excluding hydrogens is 214 g/mol. The fraction of sp³-hybridized carbons (Fsp3) is 0. The monoisotopic (exact) mass is 219 g/mol. The van der Waals surface area contributed by atoms with Crippen molar-refractivity contribution in [3.05, 3.63) is 35.6 Å². The van der Waals surface area contributed by atoms with Crippen molar-refractivity contribution in [3.63, 3.8) is 0 Å². The van der Waals surface area contributed by atoms with Crippen molar-refractivity contribution in [2.24, 2.45) is 0 Å². The molecule has 3 rings (SSSR count). The number of hydrogen-bond acceptors (Lipinski definition) is 3. The number of nitrogens with one attached hydrogen (secondary N) is 1. The summed E-state index contributed by atoms with van der Waals surface area (Å²) in [4.78, 5) is 7.48. The van der Waals surface area contributed by atoms with Crippen molar-refractivity contribution >= 4 is 22.6 Å². The first-order valence-corrected chi connectivity index (χ1v) is 4.77. The van der Waals surface area contributed by atoms with Gasteiger partial charge in [0, 0.05) is 11.1 Å². The van der Waals surface area contributed by atoms with Gasteiger partial charge in [-0.3, -0.25) is 0 Å². The van der Waals surface area contributed by atoms with Crippen molar-refractivity contribution in [1.29, 1.82) is 0 Å². The smallest absolute Gasteiger partial charge is 0.160 e. The van der Waals surface area contributed by atoms with E-state index in [0.29, 0.717) is 16.5 Å². The molecule has 0 amide bonds. The van der Waals surface area contributed by atoms with Gasteiger partial charge in [0.1, 0.15) is 12.0 Å². The Bertz CT molecular complexity index is 600. The summed E-state index contributed by atoms with van der Waals surface area (Å²) < 4.78 is 4.75. The van der Waals surface area contributed by atoms with Crippen LogP contribution in [-0.4, -0.2) is 15.1 Å². The first-order chi connectivity index (χ1) is 7.33. The minimum atomic E-state index is 0.679. The van der Waals surface area contributed by atoms with E-state index in [2.05, 4.69) is 15.1 Å². The number of nitrogens with zero attached hydrogens (tertiary/aromatic N) is 2. The predicted molar refractivity (Wildman–Crippen MR) is 56.6 cm³/mol. The zero-order valence-electron chi connectivity index (χ0n) is 7.57. The standard InChI is InChI=1S/C10H6ClN3O/c11-6-1-2-7-9(5-6)13-10(12-7)8-3-4-15-14-8/h1-5H,(H,12,13). The predicted octanol–water partition coefficient (Wildman–Crippen LogP) is 2.87. The van der Waals surface area contributed by atoms with Crippen LogP contribution in [0.25, 0.3) is 22.6 Å². The highest BCUT2D eigenvalue weighted by Crippen LogP contribution is 2.21. The Balaban J connectivity index is 2.22. The lowest BCUT2D eigenvalue weighted by Gasteiger charge is -1.87. The highest BCUT2D eigenvalue weighted by molar-refractivity contribution is 6.31. The molecule has 1 N–H and O–H groups in total. The van der Waals surface area contributed by atoms with E-state index in [1.165, 1.54) is 6.26 Å². The van der Waals surface area contributed by atoms with E-state index < -0.39 is 0 Å². The number of aromatic amines is 1. The fourth-order valence-electron chi connectivity index (χ4n) is 1.44. The first-order valence-electron chi connectivity index (χ1n) is 4.39. The summed E-state index contributed by atoms with van der Waals surface area (Å²) in [7, 11) is 0. The summed E-state index contributed by atoms with van der Waals surface area (Å²) in [5, 5.41) is 4.48. The summed E-state index contributed by atoms with van der Waals surface area (Å²) in [6, 6.07) is 7.24. The second-order valence-corrected chi connectivity index (χ2v) is 3.57. The van der Waals surface area contributed by atoms with Crippen molar-refractivity contribution in [2.45, 2.75) is 0 Å². The van der Waals surface area contributed by atoms with Crippen LogP contribution in [0.3, 0.4) is 0 Å². The molecule has 5 heteroatoms. The lowest BCUT2D eigenvalue weighted by Crippen LogP contribution is -1.77. The van der Waals surface area contributed by atoms with Gasteiger partial charge in [-0.15, -0.1) is 0 Å². The van der Waals surface area contributed by atoms with Gasteiger partial charge in [-0.25, -0.2) is 4.98 Å². The molecule has 4 nitrogen and oxygen atoms in total. The van der Waals surface area contributed by atoms with E-state index in [1.54, 1.807) is 12.1 Å². The molecule has 0 aliphatic heterocycles. The van der Waals surface area contributed by atoms with Crippen molar-refractivity contribution in [2.75, 3.05) is 0 Å². The van der Waals surface area contributed by atoms with Crippen molar-refractivity contribution in [3.8, 4) is 11.5 Å². The van der Waals surface area contributed by atoms with E-state index in [9.17, 15) is 0 Å². The van der Waals surface area contributed by atoms with Gasteiger partial charge < -0.3 is 9.51 Å². The largest absolute Gasteiger partial charge is 0.364 e. The average molecular weight is 220 g/mol. The molecule has 2 heterocycles.